The van der Waals surface area contributed by atoms with Gasteiger partial charge in [0.2, 0.25) is 0 Å². The molecule has 1 aromatic heterocycles. The van der Waals surface area contributed by atoms with Crippen molar-refractivity contribution < 1.29 is 0 Å². The number of pyridine rings is 1. The number of nitrogens with zero attached hydrogens (tertiary/aromatic N) is 2. The van der Waals surface area contributed by atoms with Crippen molar-refractivity contribution in [2.24, 2.45) is 0 Å². The number of hydrogen-bond donors (Lipinski definition) is 1. The zero-order valence-corrected chi connectivity index (χ0v) is 5.63. The summed E-state index contributed by atoms with van der Waals surface area (Å²) in [4.78, 5) is 3.81. The second-order valence-electron chi connectivity index (χ2n) is 2.05. The minimum Gasteiger partial charge on any atom is -0.397 e. The van der Waals surface area contributed by atoms with Crippen LogP contribution in [0.3, 0.4) is 0 Å². The monoisotopic (exact) mass is 133 g/mol. The highest BCUT2D eigenvalue weighted by atomic mass is 14.7. The van der Waals surface area contributed by atoms with Crippen LogP contribution in [0.5, 0.6) is 0 Å². The van der Waals surface area contributed by atoms with Crippen molar-refractivity contribution in [3.8, 4) is 6.07 Å². The van der Waals surface area contributed by atoms with Crippen LogP contribution >= 0.6 is 0 Å². The first-order chi connectivity index (χ1) is 4.74. The molecule has 0 aromatic carbocycles. The molecular formula is C7H7N3. The highest BCUT2D eigenvalue weighted by molar-refractivity contribution is 5.42. The third kappa shape index (κ3) is 1.06. The Labute approximate surface area is 59.1 Å². The first-order valence-electron chi connectivity index (χ1n) is 2.86. The molecule has 0 fully saturated rings. The largest absolute Gasteiger partial charge is 0.397 e. The number of nitrogens with two attached hydrogens (primary N) is 1. The average Bonchev–Trinajstić information content (AvgIpc) is 1.88. The van der Waals surface area contributed by atoms with E-state index in [-0.39, 0.29) is 0 Å². The van der Waals surface area contributed by atoms with E-state index in [0.717, 1.165) is 5.56 Å². The molecule has 0 aliphatic carbocycles. The van der Waals surface area contributed by atoms with Gasteiger partial charge >= 0.3 is 0 Å². The fourth-order valence-electron chi connectivity index (χ4n) is 0.714. The molecule has 1 aromatic rings. The lowest BCUT2D eigenvalue weighted by Crippen LogP contribution is -1.91. The van der Waals surface area contributed by atoms with E-state index < -0.39 is 0 Å². The Morgan fingerprint density at radius 3 is 2.90 bits per heavy atom. The van der Waals surface area contributed by atoms with E-state index >= 15 is 0 Å². The normalized spacial score (nSPS) is 8.80. The van der Waals surface area contributed by atoms with Gasteiger partial charge in [-0.1, -0.05) is 0 Å². The summed E-state index contributed by atoms with van der Waals surface area (Å²) in [7, 11) is 0. The van der Waals surface area contributed by atoms with Crippen molar-refractivity contribution >= 4 is 5.69 Å². The van der Waals surface area contributed by atoms with E-state index in [4.69, 9.17) is 11.0 Å². The van der Waals surface area contributed by atoms with Crippen molar-refractivity contribution in [2.45, 2.75) is 6.92 Å². The third-order valence-corrected chi connectivity index (χ3v) is 1.21. The molecule has 0 saturated carbocycles. The summed E-state index contributed by atoms with van der Waals surface area (Å²) in [5.74, 6) is 0. The highest BCUT2D eigenvalue weighted by Crippen LogP contribution is 2.06. The van der Waals surface area contributed by atoms with Crippen molar-refractivity contribution in [1.82, 2.24) is 4.98 Å². The molecule has 0 atom stereocenters. The maximum absolute atomic E-state index is 8.46. The molecule has 0 saturated heterocycles. The Kier molecular flexibility index (Phi) is 1.55. The molecule has 50 valence electrons. The number of aryl methyl sites for hydroxylation is 1. The quantitative estimate of drug-likeness (QED) is 0.570. The summed E-state index contributed by atoms with van der Waals surface area (Å²) in [6, 6.07) is 3.68. The Morgan fingerprint density at radius 2 is 2.40 bits per heavy atom. The predicted octanol–water partition coefficient (Wildman–Crippen LogP) is 0.844. The van der Waals surface area contributed by atoms with Crippen molar-refractivity contribution in [2.75, 3.05) is 5.73 Å². The van der Waals surface area contributed by atoms with Gasteiger partial charge in [-0.3, -0.25) is 0 Å². The van der Waals surface area contributed by atoms with Crippen molar-refractivity contribution in [1.29, 1.82) is 5.26 Å². The first-order valence-corrected chi connectivity index (χ1v) is 2.86. The van der Waals surface area contributed by atoms with Crippen LogP contribution in [0.25, 0.3) is 0 Å². The van der Waals surface area contributed by atoms with Gasteiger partial charge in [-0.2, -0.15) is 5.26 Å². The topological polar surface area (TPSA) is 62.7 Å². The van der Waals surface area contributed by atoms with Crippen LogP contribution in [0, 0.1) is 18.3 Å². The number of hydrogen-bond acceptors (Lipinski definition) is 3. The van der Waals surface area contributed by atoms with Crippen LogP contribution < -0.4 is 5.73 Å². The number of aromatic nitrogens is 1. The molecule has 2 N–H and O–H groups in total. The van der Waals surface area contributed by atoms with Gasteiger partial charge in [-0.05, 0) is 18.6 Å². The highest BCUT2D eigenvalue weighted by Gasteiger charge is 1.96. The molecule has 0 unspecified atom stereocenters. The molecular weight excluding hydrogens is 126 g/mol. The number of nitriles is 1. The molecule has 0 spiro atoms. The van der Waals surface area contributed by atoms with Crippen LogP contribution in [-0.2, 0) is 0 Å². The number of rotatable bonds is 0. The summed E-state index contributed by atoms with van der Waals surface area (Å²) in [5, 5.41) is 8.46. The van der Waals surface area contributed by atoms with Gasteiger partial charge in [0.15, 0.2) is 0 Å². The standard InChI is InChI=1S/C7H7N3/c1-5-2-6(9)4-10-7(5)3-8/h2,4H,9H2,1H3. The van der Waals surface area contributed by atoms with Gasteiger partial charge in [-0.25, -0.2) is 4.98 Å². The maximum atomic E-state index is 8.46. The molecule has 0 aliphatic rings. The lowest BCUT2D eigenvalue weighted by atomic mass is 10.2. The Balaban J connectivity index is 3.23. The fourth-order valence-corrected chi connectivity index (χ4v) is 0.714. The van der Waals surface area contributed by atoms with E-state index in [9.17, 15) is 0 Å². The van der Waals surface area contributed by atoms with Crippen LogP contribution in [0.4, 0.5) is 5.69 Å². The Bertz CT molecular complexity index is 285. The Hall–Kier alpha value is -1.56. The van der Waals surface area contributed by atoms with Gasteiger partial charge < -0.3 is 5.73 Å². The second kappa shape index (κ2) is 2.36. The predicted molar refractivity (Wildman–Crippen MR) is 38.1 cm³/mol. The first kappa shape index (κ1) is 6.56. The smallest absolute Gasteiger partial charge is 0.143 e. The number of anilines is 1. The molecule has 10 heavy (non-hydrogen) atoms. The van der Waals surface area contributed by atoms with E-state index in [1.165, 1.54) is 6.20 Å². The van der Waals surface area contributed by atoms with Gasteiger partial charge in [0.05, 0.1) is 11.9 Å². The van der Waals surface area contributed by atoms with Gasteiger partial charge in [-0.15, -0.1) is 0 Å². The summed E-state index contributed by atoms with van der Waals surface area (Å²) in [6.45, 7) is 1.81. The third-order valence-electron chi connectivity index (χ3n) is 1.21. The molecule has 0 radical (unpaired) electrons. The molecule has 0 bridgehead atoms. The van der Waals surface area contributed by atoms with Crippen molar-refractivity contribution in [3.05, 3.63) is 23.5 Å². The zero-order valence-electron chi connectivity index (χ0n) is 5.63. The summed E-state index contributed by atoms with van der Waals surface area (Å²) in [6.07, 6.45) is 1.48. The minimum atomic E-state index is 0.439. The van der Waals surface area contributed by atoms with E-state index in [2.05, 4.69) is 4.98 Å². The summed E-state index contributed by atoms with van der Waals surface area (Å²) >= 11 is 0. The van der Waals surface area contributed by atoms with E-state index in [0.29, 0.717) is 11.4 Å². The lowest BCUT2D eigenvalue weighted by molar-refractivity contribution is 1.21. The van der Waals surface area contributed by atoms with Crippen LogP contribution in [0.1, 0.15) is 11.3 Å². The van der Waals surface area contributed by atoms with E-state index in [1.54, 1.807) is 6.07 Å². The molecule has 1 rings (SSSR count). The van der Waals surface area contributed by atoms with Crippen LogP contribution in [0.15, 0.2) is 12.3 Å². The maximum Gasteiger partial charge on any atom is 0.143 e. The minimum absolute atomic E-state index is 0.439. The van der Waals surface area contributed by atoms with Crippen LogP contribution in [0.2, 0.25) is 0 Å². The van der Waals surface area contributed by atoms with Crippen molar-refractivity contribution in [3.63, 3.8) is 0 Å². The zero-order chi connectivity index (χ0) is 7.56. The Morgan fingerprint density at radius 1 is 1.70 bits per heavy atom. The molecule has 0 amide bonds. The summed E-state index contributed by atoms with van der Waals surface area (Å²) in [5.41, 5.74) is 7.27. The molecule has 0 aliphatic heterocycles. The van der Waals surface area contributed by atoms with Crippen LogP contribution in [-0.4, -0.2) is 4.98 Å². The SMILES string of the molecule is Cc1cc(N)cnc1C#N. The average molecular weight is 133 g/mol. The van der Waals surface area contributed by atoms with E-state index in [1.807, 2.05) is 13.0 Å². The molecule has 3 heteroatoms. The lowest BCUT2D eigenvalue weighted by Gasteiger charge is -1.95. The second-order valence-corrected chi connectivity index (χ2v) is 2.05. The van der Waals surface area contributed by atoms with Gasteiger partial charge in [0, 0.05) is 0 Å². The summed E-state index contributed by atoms with van der Waals surface area (Å²) < 4.78 is 0. The van der Waals surface area contributed by atoms with Gasteiger partial charge in [0.25, 0.3) is 0 Å². The molecule has 3 nitrogen and oxygen atoms in total. The number of nitrogen functional groups attached to an aromatic ring is 1. The van der Waals surface area contributed by atoms with Gasteiger partial charge in [0.1, 0.15) is 11.8 Å². The fraction of sp³-hybridized carbons (Fsp3) is 0.143. The molecule has 1 heterocycles.